The van der Waals surface area contributed by atoms with Crippen molar-refractivity contribution < 1.29 is 57.4 Å². The number of ether oxygens (including phenoxy) is 3. The molecule has 0 saturated carbocycles. The number of likely N-dealkylation sites (tertiary alicyclic amines) is 1. The Bertz CT molecular complexity index is 2970. The molecule has 2 heterocycles. The van der Waals surface area contributed by atoms with Gasteiger partial charge in [0.15, 0.2) is 0 Å². The van der Waals surface area contributed by atoms with E-state index < -0.39 is 66.3 Å². The first-order chi connectivity index (χ1) is 43.7. The number of benzene rings is 2. The summed E-state index contributed by atoms with van der Waals surface area (Å²) in [6.45, 7) is 15.5. The molecule has 0 radical (unpaired) electrons. The lowest BCUT2D eigenvalue weighted by Crippen LogP contribution is -2.52. The van der Waals surface area contributed by atoms with Crippen LogP contribution in [0, 0.1) is 17.8 Å². The Kier molecular flexibility index (Phi) is 30.1. The predicted molar refractivity (Wildman–Crippen MR) is 355 cm³/mol. The first-order valence-corrected chi connectivity index (χ1v) is 32.9. The summed E-state index contributed by atoms with van der Waals surface area (Å²) in [4.78, 5) is 130. The molecule has 1 saturated heterocycles. The number of thiazole rings is 1. The predicted octanol–water partition coefficient (Wildman–Crippen LogP) is 7.75. The standard InChI is InChI=1S/C67H100N12O12S/c1-13-44(4)53(31-32-56(81)79-36-18-22-54(79)59(89-12)45(5)60(83)75-52(63-69-35-38-92-63)39-47-19-15-14-16-20-47)78(11)57(82)41-71-62(85)58(43(2)3)76(9)37-33-46-25-29-50(30-26-46)77(10)66(88)90-42-48-23-27-49(28-24-48)73-61(84)51(21-17-34-70-64(68)86)74-55(80)40-72-65(87)91-67(6,7)8/h15,19-20,23-30,35,38,43-45,51-54,58-59H,13-14,16-18,21-22,31-34,36-37,39-42H2,1-12H3,(H,71,85)(H,72,87)(H,73,84)(H,74,80)(H,75,83)(H3,68,70,86)/t44-,45+,51?,52-,53+,54?,58-,59+/m0/s1. The molecule has 1 aliphatic carbocycles. The van der Waals surface area contributed by atoms with Crippen molar-refractivity contribution in [2.75, 3.05) is 71.2 Å². The number of carbonyl (C=O) groups is 9. The Morgan fingerprint density at radius 3 is 2.17 bits per heavy atom. The van der Waals surface area contributed by atoms with Crippen LogP contribution in [-0.2, 0) is 56.0 Å². The zero-order valence-electron chi connectivity index (χ0n) is 55.8. The highest BCUT2D eigenvalue weighted by molar-refractivity contribution is 7.09. The summed E-state index contributed by atoms with van der Waals surface area (Å²) >= 11 is 1.51. The molecule has 8 N–H and O–H groups in total. The van der Waals surface area contributed by atoms with E-state index >= 15 is 0 Å². The third kappa shape index (κ3) is 24.0. The van der Waals surface area contributed by atoms with E-state index in [2.05, 4.69) is 69.0 Å². The van der Waals surface area contributed by atoms with E-state index in [0.717, 1.165) is 41.8 Å². The van der Waals surface area contributed by atoms with Gasteiger partial charge in [-0.1, -0.05) is 83.5 Å². The molecule has 5 rings (SSSR count). The largest absolute Gasteiger partial charge is 0.444 e. The van der Waals surface area contributed by atoms with Gasteiger partial charge in [-0.25, -0.2) is 19.4 Å². The normalized spacial score (nSPS) is 16.2. The van der Waals surface area contributed by atoms with Gasteiger partial charge in [0.1, 0.15) is 29.8 Å². The lowest BCUT2D eigenvalue weighted by atomic mass is 9.92. The molecule has 10 amide bonds. The molecule has 2 aliphatic rings. The maximum atomic E-state index is 14.2. The number of likely N-dealkylation sites (N-methyl/N-ethyl adjacent to an activating group) is 2. The highest BCUT2D eigenvalue weighted by Crippen LogP contribution is 2.31. The fourth-order valence-corrected chi connectivity index (χ4v) is 12.2. The lowest BCUT2D eigenvalue weighted by Gasteiger charge is -2.36. The zero-order valence-corrected chi connectivity index (χ0v) is 56.7. The first-order valence-electron chi connectivity index (χ1n) is 32.0. The fraction of sp³-hybridized carbons (Fsp3) is 0.582. The second-order valence-corrected chi connectivity index (χ2v) is 26.1. The van der Waals surface area contributed by atoms with Gasteiger partial charge in [-0.2, -0.15) is 0 Å². The number of aromatic nitrogens is 1. The average molecular weight is 1300 g/mol. The van der Waals surface area contributed by atoms with E-state index in [0.29, 0.717) is 62.1 Å². The Hall–Kier alpha value is -7.90. The number of carbonyl (C=O) groups excluding carboxylic acids is 9. The number of nitrogens with one attached hydrogen (secondary N) is 6. The minimum Gasteiger partial charge on any atom is -0.444 e. The van der Waals surface area contributed by atoms with E-state index in [4.69, 9.17) is 19.9 Å². The summed E-state index contributed by atoms with van der Waals surface area (Å²) in [5.74, 6) is -2.47. The Morgan fingerprint density at radius 1 is 0.848 bits per heavy atom. The second-order valence-electron chi connectivity index (χ2n) is 25.2. The van der Waals surface area contributed by atoms with Gasteiger partial charge < -0.3 is 61.6 Å². The van der Waals surface area contributed by atoms with Crippen LogP contribution >= 0.6 is 11.3 Å². The molecule has 2 unspecified atom stereocenters. The third-order valence-corrected chi connectivity index (χ3v) is 17.6. The minimum absolute atomic E-state index is 0.0448. The van der Waals surface area contributed by atoms with Crippen molar-refractivity contribution in [1.82, 2.24) is 46.3 Å². The zero-order chi connectivity index (χ0) is 67.7. The van der Waals surface area contributed by atoms with Crippen molar-refractivity contribution in [1.29, 1.82) is 0 Å². The number of hydrogen-bond donors (Lipinski definition) is 7. The van der Waals surface area contributed by atoms with E-state index in [1.54, 1.807) is 77.3 Å². The summed E-state index contributed by atoms with van der Waals surface area (Å²) in [7, 11) is 6.81. The molecule has 1 aromatic heterocycles. The van der Waals surface area contributed by atoms with Gasteiger partial charge in [0, 0.05) is 76.3 Å². The smallest absolute Gasteiger partial charge is 0.414 e. The summed E-state index contributed by atoms with van der Waals surface area (Å²) in [6, 6.07) is 10.9. The molecule has 506 valence electrons. The number of nitrogens with two attached hydrogens (primary N) is 1. The van der Waals surface area contributed by atoms with Gasteiger partial charge in [-0.15, -0.1) is 11.3 Å². The van der Waals surface area contributed by atoms with Crippen molar-refractivity contribution in [2.24, 2.45) is 23.5 Å². The Balaban J connectivity index is 1.07. The van der Waals surface area contributed by atoms with E-state index in [-0.39, 0.29) is 86.1 Å². The molecule has 1 aliphatic heterocycles. The number of allylic oxidation sites excluding steroid dienone is 3. The van der Waals surface area contributed by atoms with Gasteiger partial charge >= 0.3 is 18.2 Å². The van der Waals surface area contributed by atoms with E-state index in [1.807, 2.05) is 67.3 Å². The monoisotopic (exact) mass is 1300 g/mol. The molecule has 0 bridgehead atoms. The van der Waals surface area contributed by atoms with Crippen LogP contribution < -0.4 is 42.5 Å². The number of methoxy groups -OCH3 is 1. The van der Waals surface area contributed by atoms with Crippen LogP contribution in [0.5, 0.6) is 0 Å². The van der Waals surface area contributed by atoms with Crippen LogP contribution in [0.4, 0.5) is 25.8 Å². The van der Waals surface area contributed by atoms with Crippen molar-refractivity contribution in [3.8, 4) is 0 Å². The molecule has 3 aromatic rings. The quantitative estimate of drug-likeness (QED) is 0.0281. The van der Waals surface area contributed by atoms with Gasteiger partial charge in [-0.3, -0.25) is 38.6 Å². The fourth-order valence-electron chi connectivity index (χ4n) is 11.5. The van der Waals surface area contributed by atoms with Crippen LogP contribution in [0.2, 0.25) is 0 Å². The molecule has 92 heavy (non-hydrogen) atoms. The second kappa shape index (κ2) is 37.0. The number of primary amides is 1. The highest BCUT2D eigenvalue weighted by Gasteiger charge is 2.41. The summed E-state index contributed by atoms with van der Waals surface area (Å²) < 4.78 is 16.8. The highest BCUT2D eigenvalue weighted by atomic mass is 32.1. The number of anilines is 2. The number of nitrogens with zero attached hydrogens (tertiary/aromatic N) is 5. The number of rotatable bonds is 34. The van der Waals surface area contributed by atoms with E-state index in [1.165, 1.54) is 16.2 Å². The van der Waals surface area contributed by atoms with Crippen molar-refractivity contribution >= 4 is 76.4 Å². The number of hydrogen-bond acceptors (Lipinski definition) is 15. The van der Waals surface area contributed by atoms with Gasteiger partial charge in [0.2, 0.25) is 35.4 Å². The van der Waals surface area contributed by atoms with Gasteiger partial charge in [0.05, 0.1) is 36.7 Å². The summed E-state index contributed by atoms with van der Waals surface area (Å²) in [5.41, 5.74) is 8.16. The average Bonchev–Trinajstić information content (AvgIpc) is 1.72. The van der Waals surface area contributed by atoms with Crippen molar-refractivity contribution in [2.45, 2.75) is 175 Å². The van der Waals surface area contributed by atoms with Crippen LogP contribution in [0.1, 0.15) is 142 Å². The maximum Gasteiger partial charge on any atom is 0.414 e. The molecule has 8 atom stereocenters. The molecule has 2 aromatic carbocycles. The molecular weight excluding hydrogens is 1200 g/mol. The van der Waals surface area contributed by atoms with Crippen LogP contribution in [0.25, 0.3) is 0 Å². The molecule has 25 heteroatoms. The Morgan fingerprint density at radius 2 is 1.55 bits per heavy atom. The molecule has 24 nitrogen and oxygen atoms in total. The van der Waals surface area contributed by atoms with Crippen LogP contribution in [0.15, 0.2) is 83.9 Å². The maximum absolute atomic E-state index is 14.2. The van der Waals surface area contributed by atoms with Crippen LogP contribution in [0.3, 0.4) is 0 Å². The summed E-state index contributed by atoms with van der Waals surface area (Å²) in [6.07, 6.45) is 12.8. The van der Waals surface area contributed by atoms with E-state index in [9.17, 15) is 43.2 Å². The third-order valence-electron chi connectivity index (χ3n) is 16.7. The lowest BCUT2D eigenvalue weighted by molar-refractivity contribution is -0.141. The van der Waals surface area contributed by atoms with Gasteiger partial charge in [0.25, 0.3) is 0 Å². The first kappa shape index (κ1) is 74.8. The topological polar surface area (TPSA) is 305 Å². The minimum atomic E-state index is -1.03. The molecular formula is C67H100N12O12S. The van der Waals surface area contributed by atoms with Crippen LogP contribution in [-0.4, -0.2) is 170 Å². The number of amides is 10. The van der Waals surface area contributed by atoms with Gasteiger partial charge in [-0.05, 0) is 138 Å². The Labute approximate surface area is 546 Å². The van der Waals surface area contributed by atoms with Crippen molar-refractivity contribution in [3.63, 3.8) is 0 Å². The number of urea groups is 1. The molecule has 0 spiro atoms. The van der Waals surface area contributed by atoms with Crippen molar-refractivity contribution in [3.05, 3.63) is 100 Å². The SMILES string of the molecule is CC[C@H](C)[C@@H](CCC(=O)N1CCCC1[C@H](OC)[C@@H](C)C(=O)N[C@@H](CC1=CCCC=C1)c1nccs1)N(C)C(=O)CNC(=O)[C@H](C(C)C)N(C)CCc1ccc(N(C)C(=O)OCc2ccc(NC(=O)C(CCCNC(N)=O)NC(=O)CNC(=O)OC(C)(C)C)cc2)cc1. The molecule has 1 fully saturated rings. The summed E-state index contributed by atoms with van der Waals surface area (Å²) in [5, 5.41) is 19.1. The number of alkyl carbamates (subject to hydrolysis) is 1.